The molecule has 34 heavy (non-hydrogen) atoms. The first-order valence-corrected chi connectivity index (χ1v) is 11.3. The number of carbonyl (C=O) groups is 3. The molecule has 3 N–H and O–H groups in total. The summed E-state index contributed by atoms with van der Waals surface area (Å²) in [6, 6.07) is 15.5. The number of aliphatic hydroxyl groups is 1. The van der Waals surface area contributed by atoms with E-state index in [0.29, 0.717) is 6.42 Å². The number of carbonyl (C=O) groups excluding carboxylic acids is 2. The van der Waals surface area contributed by atoms with Crippen molar-refractivity contribution < 1.29 is 34.1 Å². The number of hydrogen-bond donors (Lipinski definition) is 3. The molecular weight excluding hydrogens is 440 g/mol. The molecule has 1 unspecified atom stereocenters. The third kappa shape index (κ3) is 3.91. The third-order valence-corrected chi connectivity index (χ3v) is 6.94. The highest BCUT2D eigenvalue weighted by Crippen LogP contribution is 2.44. The van der Waals surface area contributed by atoms with Crippen LogP contribution in [0.5, 0.6) is 0 Å². The second-order valence-electron chi connectivity index (χ2n) is 9.00. The first-order valence-electron chi connectivity index (χ1n) is 11.3. The number of rotatable bonds is 5. The highest BCUT2D eigenvalue weighted by atomic mass is 16.6. The summed E-state index contributed by atoms with van der Waals surface area (Å²) >= 11 is 0. The average Bonchev–Trinajstić information content (AvgIpc) is 3.54. The molecule has 2 heterocycles. The zero-order valence-electron chi connectivity index (χ0n) is 18.5. The molecule has 2 aromatic rings. The minimum atomic E-state index is -1.95. The Morgan fingerprint density at radius 3 is 2.35 bits per heavy atom. The number of hydrogen-bond acceptors (Lipinski definition) is 6. The molecule has 2 saturated heterocycles. The topological polar surface area (TPSA) is 125 Å². The van der Waals surface area contributed by atoms with Crippen molar-refractivity contribution in [3.05, 3.63) is 59.7 Å². The van der Waals surface area contributed by atoms with Crippen LogP contribution in [0.15, 0.2) is 48.5 Å². The number of aliphatic carboxylic acids is 1. The van der Waals surface area contributed by atoms with E-state index in [-0.39, 0.29) is 38.6 Å². The number of alkyl carbamates (subject to hydrolysis) is 1. The maximum atomic E-state index is 12.9. The van der Waals surface area contributed by atoms with Crippen LogP contribution >= 0.6 is 0 Å². The van der Waals surface area contributed by atoms with Gasteiger partial charge >= 0.3 is 12.1 Å². The summed E-state index contributed by atoms with van der Waals surface area (Å²) in [5, 5.41) is 22.1. The van der Waals surface area contributed by atoms with Crippen LogP contribution in [0.3, 0.4) is 0 Å². The Hall–Kier alpha value is -3.43. The molecule has 2 fully saturated rings. The molecule has 9 heteroatoms. The molecule has 3 atom stereocenters. The zero-order valence-corrected chi connectivity index (χ0v) is 18.5. The van der Waals surface area contributed by atoms with Crippen molar-refractivity contribution in [1.82, 2.24) is 10.2 Å². The summed E-state index contributed by atoms with van der Waals surface area (Å²) in [6.45, 7) is 0.240. The van der Waals surface area contributed by atoms with Gasteiger partial charge in [-0.05, 0) is 28.7 Å². The molecule has 3 aliphatic rings. The number of nitrogens with one attached hydrogen (secondary N) is 1. The van der Waals surface area contributed by atoms with Crippen LogP contribution in [-0.2, 0) is 19.1 Å². The number of ether oxygens (including phenoxy) is 2. The lowest BCUT2D eigenvalue weighted by Gasteiger charge is -2.25. The van der Waals surface area contributed by atoms with Gasteiger partial charge in [0.15, 0.2) is 11.7 Å². The molecule has 5 rings (SSSR count). The van der Waals surface area contributed by atoms with Crippen molar-refractivity contribution in [2.24, 2.45) is 0 Å². The molecule has 1 aliphatic carbocycles. The van der Waals surface area contributed by atoms with Crippen molar-refractivity contribution >= 4 is 18.0 Å². The number of likely N-dealkylation sites (tertiary alicyclic amines) is 1. The van der Waals surface area contributed by atoms with E-state index >= 15 is 0 Å². The fraction of sp³-hybridized carbons (Fsp3) is 0.400. The van der Waals surface area contributed by atoms with E-state index in [0.717, 1.165) is 22.3 Å². The minimum Gasteiger partial charge on any atom is -0.479 e. The second-order valence-corrected chi connectivity index (χ2v) is 9.00. The van der Waals surface area contributed by atoms with Gasteiger partial charge in [-0.1, -0.05) is 48.5 Å². The summed E-state index contributed by atoms with van der Waals surface area (Å²) in [5.74, 6) is -1.88. The molecule has 0 bridgehead atoms. The molecule has 178 valence electrons. The summed E-state index contributed by atoms with van der Waals surface area (Å²) in [5.41, 5.74) is 2.52. The monoisotopic (exact) mass is 466 g/mol. The fourth-order valence-corrected chi connectivity index (χ4v) is 5.11. The number of fused-ring (bicyclic) bond motifs is 3. The van der Waals surface area contributed by atoms with Gasteiger partial charge in [-0.2, -0.15) is 0 Å². The Bertz CT molecular complexity index is 1090. The van der Waals surface area contributed by atoms with Crippen LogP contribution in [0.1, 0.15) is 29.9 Å². The number of benzene rings is 2. The lowest BCUT2D eigenvalue weighted by Crippen LogP contribution is -2.50. The largest absolute Gasteiger partial charge is 0.479 e. The van der Waals surface area contributed by atoms with Crippen molar-refractivity contribution in [1.29, 1.82) is 0 Å². The molecule has 2 aromatic carbocycles. The van der Waals surface area contributed by atoms with E-state index < -0.39 is 35.7 Å². The van der Waals surface area contributed by atoms with Crippen LogP contribution in [0.4, 0.5) is 4.79 Å². The van der Waals surface area contributed by atoms with Crippen LogP contribution in [0.2, 0.25) is 0 Å². The SMILES string of the molecule is O=C(N[C@@H]1CCO[C@@H]1C(=O)N1CCC(O)(C(=O)O)C1)OCC1c2ccccc2-c2ccccc21. The Morgan fingerprint density at radius 1 is 1.09 bits per heavy atom. The van der Waals surface area contributed by atoms with Crippen LogP contribution in [-0.4, -0.2) is 77.1 Å². The predicted octanol–water partition coefficient (Wildman–Crippen LogP) is 1.73. The second kappa shape index (κ2) is 8.73. The van der Waals surface area contributed by atoms with Crippen molar-refractivity contribution in [2.75, 3.05) is 26.3 Å². The average molecular weight is 466 g/mol. The highest BCUT2D eigenvalue weighted by molar-refractivity contribution is 5.86. The van der Waals surface area contributed by atoms with Gasteiger partial charge in [0.2, 0.25) is 0 Å². The molecular formula is C25H26N2O7. The van der Waals surface area contributed by atoms with Crippen LogP contribution < -0.4 is 5.32 Å². The molecule has 2 aliphatic heterocycles. The van der Waals surface area contributed by atoms with E-state index in [1.54, 1.807) is 0 Å². The van der Waals surface area contributed by atoms with Gasteiger partial charge < -0.3 is 29.9 Å². The Morgan fingerprint density at radius 2 is 1.74 bits per heavy atom. The Balaban J connectivity index is 1.21. The van der Waals surface area contributed by atoms with Crippen molar-refractivity contribution in [2.45, 2.75) is 36.5 Å². The quantitative estimate of drug-likeness (QED) is 0.613. The third-order valence-electron chi connectivity index (χ3n) is 6.94. The fourth-order valence-electron chi connectivity index (χ4n) is 5.11. The molecule has 0 radical (unpaired) electrons. The molecule has 0 spiro atoms. The van der Waals surface area contributed by atoms with Crippen LogP contribution in [0, 0.1) is 0 Å². The minimum absolute atomic E-state index is 0.0503. The first kappa shape index (κ1) is 22.4. The molecule has 9 nitrogen and oxygen atoms in total. The maximum Gasteiger partial charge on any atom is 0.407 e. The lowest BCUT2D eigenvalue weighted by molar-refractivity contribution is -0.157. The van der Waals surface area contributed by atoms with Crippen molar-refractivity contribution in [3.63, 3.8) is 0 Å². The predicted molar refractivity (Wildman–Crippen MR) is 120 cm³/mol. The molecule has 0 aromatic heterocycles. The number of nitrogens with zero attached hydrogens (tertiary/aromatic N) is 1. The van der Waals surface area contributed by atoms with E-state index in [4.69, 9.17) is 9.47 Å². The van der Waals surface area contributed by atoms with Gasteiger partial charge in [0, 0.05) is 25.5 Å². The van der Waals surface area contributed by atoms with E-state index in [1.807, 2.05) is 36.4 Å². The maximum absolute atomic E-state index is 12.9. The van der Waals surface area contributed by atoms with E-state index in [1.165, 1.54) is 4.90 Å². The smallest absolute Gasteiger partial charge is 0.407 e. The van der Waals surface area contributed by atoms with Gasteiger partial charge in [0.1, 0.15) is 6.61 Å². The summed E-state index contributed by atoms with van der Waals surface area (Å²) in [6.07, 6.45) is -1.21. The Labute approximate surface area is 196 Å². The number of amides is 2. The van der Waals surface area contributed by atoms with Gasteiger partial charge in [-0.3, -0.25) is 4.79 Å². The normalized spacial score (nSPS) is 25.6. The van der Waals surface area contributed by atoms with Crippen molar-refractivity contribution in [3.8, 4) is 11.1 Å². The number of β-amino-alcohol motifs (C(OH)–C–C–N with tert-alkyl or cyclic N) is 1. The standard InChI is InChI=1S/C25H26N2O7/c28-22(27-11-10-25(32,14-27)23(29)30)21-20(9-12-33-21)26-24(31)34-13-19-17-7-3-1-5-15(17)16-6-2-4-8-18(16)19/h1-8,19-21,32H,9-14H2,(H,26,31)(H,29,30)/t20-,21+,25?/m1/s1. The first-order chi connectivity index (χ1) is 16.4. The van der Waals surface area contributed by atoms with E-state index in [2.05, 4.69) is 17.4 Å². The Kier molecular flexibility index (Phi) is 5.75. The number of carboxylic acids is 1. The van der Waals surface area contributed by atoms with E-state index in [9.17, 15) is 24.6 Å². The molecule has 0 saturated carbocycles. The summed E-state index contributed by atoms with van der Waals surface area (Å²) in [4.78, 5) is 38.1. The summed E-state index contributed by atoms with van der Waals surface area (Å²) in [7, 11) is 0. The van der Waals surface area contributed by atoms with Gasteiger partial charge in [-0.15, -0.1) is 0 Å². The lowest BCUT2D eigenvalue weighted by atomic mass is 9.98. The number of carboxylic acid groups (broad SMARTS) is 1. The highest BCUT2D eigenvalue weighted by Gasteiger charge is 2.48. The van der Waals surface area contributed by atoms with Crippen LogP contribution in [0.25, 0.3) is 11.1 Å². The summed E-state index contributed by atoms with van der Waals surface area (Å²) < 4.78 is 11.1. The van der Waals surface area contributed by atoms with Gasteiger partial charge in [0.25, 0.3) is 5.91 Å². The molecule has 2 amide bonds. The van der Waals surface area contributed by atoms with Gasteiger partial charge in [0.05, 0.1) is 12.6 Å². The van der Waals surface area contributed by atoms with Gasteiger partial charge in [-0.25, -0.2) is 9.59 Å². The zero-order chi connectivity index (χ0) is 23.9.